The highest BCUT2D eigenvalue weighted by Gasteiger charge is 2.22. The monoisotopic (exact) mass is 497 g/mol. The maximum absolute atomic E-state index is 13.3. The van der Waals surface area contributed by atoms with Crippen LogP contribution in [0.25, 0.3) is 21.9 Å². The summed E-state index contributed by atoms with van der Waals surface area (Å²) in [5.41, 5.74) is 5.80. The summed E-state index contributed by atoms with van der Waals surface area (Å²) in [5, 5.41) is 14.8. The van der Waals surface area contributed by atoms with E-state index in [9.17, 15) is 14.7 Å². The lowest BCUT2D eigenvalue weighted by Gasteiger charge is -2.18. The number of hydrogen-bond acceptors (Lipinski definition) is 3. The van der Waals surface area contributed by atoms with E-state index in [0.717, 1.165) is 35.1 Å². The lowest BCUT2D eigenvalue weighted by molar-refractivity contribution is -0.139. The minimum Gasteiger partial charge on any atom is -0.480 e. The molecule has 0 saturated carbocycles. The summed E-state index contributed by atoms with van der Waals surface area (Å²) in [7, 11) is 0. The first-order chi connectivity index (χ1) is 17.5. The van der Waals surface area contributed by atoms with Gasteiger partial charge in [0.2, 0.25) is 0 Å². The second kappa shape index (κ2) is 11.9. The molecule has 5 heteroatoms. The molecule has 1 amide bonds. The van der Waals surface area contributed by atoms with Gasteiger partial charge in [0.05, 0.1) is 0 Å². The topological polar surface area (TPSA) is 66.4 Å². The number of carboxylic acids is 1. The van der Waals surface area contributed by atoms with Gasteiger partial charge in [0, 0.05) is 5.56 Å². The predicted molar refractivity (Wildman–Crippen MR) is 150 cm³/mol. The van der Waals surface area contributed by atoms with Gasteiger partial charge in [-0.25, -0.2) is 4.79 Å². The normalized spacial score (nSPS) is 11.8. The maximum atomic E-state index is 13.3. The molecule has 0 aliphatic heterocycles. The number of carbonyl (C=O) groups is 2. The predicted octanol–water partition coefficient (Wildman–Crippen LogP) is 6.54. The van der Waals surface area contributed by atoms with Crippen molar-refractivity contribution in [1.29, 1.82) is 0 Å². The number of carbonyl (C=O) groups excluding carboxylic acids is 1. The molecule has 0 aliphatic rings. The van der Waals surface area contributed by atoms with Crippen LogP contribution in [0.5, 0.6) is 0 Å². The van der Waals surface area contributed by atoms with Crippen LogP contribution in [0.15, 0.2) is 84.9 Å². The van der Waals surface area contributed by atoms with Gasteiger partial charge in [-0.1, -0.05) is 78.9 Å². The van der Waals surface area contributed by atoms with Gasteiger partial charge in [-0.2, -0.15) is 11.8 Å². The third-order valence-corrected chi connectivity index (χ3v) is 7.18. The molecule has 184 valence electrons. The Balaban J connectivity index is 1.65. The number of hydrogen-bond donors (Lipinski definition) is 2. The molecule has 0 saturated heterocycles. The van der Waals surface area contributed by atoms with Crippen LogP contribution in [0.3, 0.4) is 0 Å². The van der Waals surface area contributed by atoms with Gasteiger partial charge in [-0.3, -0.25) is 4.79 Å². The summed E-state index contributed by atoms with van der Waals surface area (Å²) in [6, 6.07) is 27.8. The number of aliphatic carboxylic acids is 1. The fourth-order valence-electron chi connectivity index (χ4n) is 4.56. The van der Waals surface area contributed by atoms with E-state index < -0.39 is 12.0 Å². The number of amides is 1. The van der Waals surface area contributed by atoms with Crippen LogP contribution in [0.2, 0.25) is 0 Å². The molecule has 4 aromatic rings. The molecule has 0 bridgehead atoms. The Bertz CT molecular complexity index is 1380. The van der Waals surface area contributed by atoms with E-state index in [2.05, 4.69) is 53.8 Å². The highest BCUT2D eigenvalue weighted by atomic mass is 32.2. The molecule has 0 spiro atoms. The summed E-state index contributed by atoms with van der Waals surface area (Å²) < 4.78 is 0. The Kier molecular flexibility index (Phi) is 8.44. The second-order valence-corrected chi connectivity index (χ2v) is 9.96. The first-order valence-electron chi connectivity index (χ1n) is 12.2. The van der Waals surface area contributed by atoms with Gasteiger partial charge in [0.1, 0.15) is 6.04 Å². The van der Waals surface area contributed by atoms with Crippen molar-refractivity contribution in [2.45, 2.75) is 32.2 Å². The Morgan fingerprint density at radius 2 is 1.64 bits per heavy atom. The van der Waals surface area contributed by atoms with Gasteiger partial charge in [-0.15, -0.1) is 0 Å². The van der Waals surface area contributed by atoms with E-state index in [0.29, 0.717) is 17.7 Å². The van der Waals surface area contributed by atoms with Crippen LogP contribution in [0.4, 0.5) is 0 Å². The van der Waals surface area contributed by atoms with Crippen LogP contribution in [-0.4, -0.2) is 35.0 Å². The van der Waals surface area contributed by atoms with E-state index in [-0.39, 0.29) is 5.91 Å². The molecular formula is C31H31NO3S. The summed E-state index contributed by atoms with van der Waals surface area (Å²) >= 11 is 1.56. The molecule has 4 nitrogen and oxygen atoms in total. The molecule has 36 heavy (non-hydrogen) atoms. The maximum Gasteiger partial charge on any atom is 0.326 e. The van der Waals surface area contributed by atoms with Crippen molar-refractivity contribution in [2.75, 3.05) is 12.0 Å². The molecule has 4 rings (SSSR count). The molecule has 0 radical (unpaired) electrons. The lowest BCUT2D eigenvalue weighted by atomic mass is 9.91. The summed E-state index contributed by atoms with van der Waals surface area (Å²) in [4.78, 5) is 25.0. The van der Waals surface area contributed by atoms with Crippen LogP contribution >= 0.6 is 11.8 Å². The quantitative estimate of drug-likeness (QED) is 0.261. The molecule has 2 N–H and O–H groups in total. The van der Waals surface area contributed by atoms with Gasteiger partial charge >= 0.3 is 5.97 Å². The van der Waals surface area contributed by atoms with E-state index >= 15 is 0 Å². The van der Waals surface area contributed by atoms with Crippen LogP contribution in [0, 0.1) is 6.92 Å². The smallest absolute Gasteiger partial charge is 0.326 e. The molecule has 4 aromatic carbocycles. The van der Waals surface area contributed by atoms with Crippen LogP contribution < -0.4 is 5.32 Å². The molecule has 0 heterocycles. The van der Waals surface area contributed by atoms with E-state index in [4.69, 9.17) is 0 Å². The molecule has 1 atom stereocenters. The average molecular weight is 498 g/mol. The number of thioether (sulfide) groups is 1. The van der Waals surface area contributed by atoms with Crippen molar-refractivity contribution in [1.82, 2.24) is 5.32 Å². The van der Waals surface area contributed by atoms with Crippen molar-refractivity contribution in [3.8, 4) is 11.1 Å². The SMILES string of the molecule is CSCC[C@H](NC(=O)c1ccc(CCc2cccc3ccccc23)cc1-c1ccccc1C)C(=O)O. The number of benzene rings is 4. The Hall–Kier alpha value is -3.57. The average Bonchev–Trinajstić information content (AvgIpc) is 2.89. The molecule has 0 fully saturated rings. The third-order valence-electron chi connectivity index (χ3n) is 6.54. The van der Waals surface area contributed by atoms with Gasteiger partial charge in [0.15, 0.2) is 0 Å². The highest BCUT2D eigenvalue weighted by molar-refractivity contribution is 7.98. The molecule has 0 unspecified atom stereocenters. The molecule has 0 aliphatic carbocycles. The zero-order valence-electron chi connectivity index (χ0n) is 20.7. The van der Waals surface area contributed by atoms with Crippen molar-refractivity contribution in [3.05, 3.63) is 107 Å². The van der Waals surface area contributed by atoms with Gasteiger partial charge in [-0.05, 0) is 82.9 Å². The van der Waals surface area contributed by atoms with Gasteiger partial charge < -0.3 is 10.4 Å². The molecule has 0 aromatic heterocycles. The number of rotatable bonds is 10. The molecular weight excluding hydrogens is 466 g/mol. The second-order valence-electron chi connectivity index (χ2n) is 8.98. The number of aryl methyl sites for hydroxylation is 3. The zero-order valence-corrected chi connectivity index (χ0v) is 21.5. The Morgan fingerprint density at radius 3 is 2.42 bits per heavy atom. The highest BCUT2D eigenvalue weighted by Crippen LogP contribution is 2.29. The number of carboxylic acid groups (broad SMARTS) is 1. The first kappa shape index (κ1) is 25.5. The van der Waals surface area contributed by atoms with Gasteiger partial charge in [0.25, 0.3) is 5.91 Å². The Labute approximate surface area is 216 Å². The van der Waals surface area contributed by atoms with E-state index in [1.807, 2.05) is 49.6 Å². The van der Waals surface area contributed by atoms with Crippen molar-refractivity contribution < 1.29 is 14.7 Å². The van der Waals surface area contributed by atoms with Crippen LogP contribution in [0.1, 0.15) is 33.5 Å². The summed E-state index contributed by atoms with van der Waals surface area (Å²) in [6.07, 6.45) is 4.02. The van der Waals surface area contributed by atoms with Crippen molar-refractivity contribution in [2.24, 2.45) is 0 Å². The van der Waals surface area contributed by atoms with Crippen molar-refractivity contribution >= 4 is 34.4 Å². The zero-order chi connectivity index (χ0) is 25.5. The summed E-state index contributed by atoms with van der Waals surface area (Å²) in [5.74, 6) is -0.710. The Morgan fingerprint density at radius 1 is 0.889 bits per heavy atom. The third kappa shape index (κ3) is 5.97. The van der Waals surface area contributed by atoms with E-state index in [1.54, 1.807) is 11.8 Å². The standard InChI is InChI=1S/C31H31NO3S/c1-21-8-3-5-12-25(21)28-20-22(14-16-24-11-7-10-23-9-4-6-13-26(23)24)15-17-27(28)30(33)32-29(31(34)35)18-19-36-2/h3-13,15,17,20,29H,14,16,18-19H2,1-2H3,(H,32,33)(H,34,35)/t29-/m0/s1. The fraction of sp³-hybridized carbons (Fsp3) is 0.226. The largest absolute Gasteiger partial charge is 0.480 e. The summed E-state index contributed by atoms with van der Waals surface area (Å²) in [6.45, 7) is 2.03. The minimum absolute atomic E-state index is 0.359. The van der Waals surface area contributed by atoms with Crippen molar-refractivity contribution in [3.63, 3.8) is 0 Å². The minimum atomic E-state index is -1.01. The number of fused-ring (bicyclic) bond motifs is 1. The van der Waals surface area contributed by atoms with E-state index in [1.165, 1.54) is 16.3 Å². The first-order valence-corrected chi connectivity index (χ1v) is 13.6. The lowest BCUT2D eigenvalue weighted by Crippen LogP contribution is -2.41. The van der Waals surface area contributed by atoms with Crippen LogP contribution in [-0.2, 0) is 17.6 Å². The number of nitrogens with one attached hydrogen (secondary N) is 1. The fourth-order valence-corrected chi connectivity index (χ4v) is 5.03.